The summed E-state index contributed by atoms with van der Waals surface area (Å²) < 4.78 is 10.7. The number of fused-ring (bicyclic) bond motifs is 3. The molecule has 3 heterocycles. The normalized spacial score (nSPS) is 11.5. The molecule has 0 N–H and O–H groups in total. The Morgan fingerprint density at radius 2 is 1.42 bits per heavy atom. The van der Waals surface area contributed by atoms with E-state index >= 15 is 0 Å². The van der Waals surface area contributed by atoms with Crippen molar-refractivity contribution in [2.45, 2.75) is 67.2 Å². The van der Waals surface area contributed by atoms with Crippen LogP contribution in [0.3, 0.4) is 0 Å². The molecule has 5 nitrogen and oxygen atoms in total. The molecule has 0 radical (unpaired) electrons. The van der Waals surface area contributed by atoms with E-state index in [1.807, 2.05) is 30.5 Å². The van der Waals surface area contributed by atoms with Crippen molar-refractivity contribution in [2.75, 3.05) is 0 Å². The van der Waals surface area contributed by atoms with Crippen LogP contribution in [0.15, 0.2) is 85.1 Å². The molecular formula is C42H40N4OPd. The number of rotatable bonds is 7. The Bertz CT molecular complexity index is 2270. The average Bonchev–Trinajstić information content (AvgIpc) is 3.58. The van der Waals surface area contributed by atoms with Crippen LogP contribution in [0.4, 0.5) is 0 Å². The minimum Gasteiger partial charge on any atom is -0.509 e. The fourth-order valence-electron chi connectivity index (χ4n) is 6.95. The van der Waals surface area contributed by atoms with Crippen LogP contribution in [0.5, 0.6) is 11.5 Å². The molecule has 0 saturated carbocycles. The van der Waals surface area contributed by atoms with Crippen molar-refractivity contribution in [1.82, 2.24) is 19.3 Å². The maximum atomic E-state index is 6.49. The number of aromatic nitrogens is 4. The van der Waals surface area contributed by atoms with Crippen LogP contribution in [0.25, 0.3) is 44.4 Å². The molecule has 0 spiro atoms. The molecule has 0 fully saturated rings. The molecule has 48 heavy (non-hydrogen) atoms. The van der Waals surface area contributed by atoms with E-state index in [1.165, 1.54) is 33.5 Å². The zero-order valence-electron chi connectivity index (χ0n) is 28.8. The summed E-state index contributed by atoms with van der Waals surface area (Å²) in [5.74, 6) is 2.56. The number of nitrogens with zero attached hydrogens (tertiary/aromatic N) is 4. The van der Waals surface area contributed by atoms with Crippen molar-refractivity contribution in [3.05, 3.63) is 131 Å². The van der Waals surface area contributed by atoms with Gasteiger partial charge < -0.3 is 9.30 Å². The van der Waals surface area contributed by atoms with Crippen LogP contribution in [0, 0.1) is 39.8 Å². The molecule has 244 valence electrons. The number of aryl methyl sites for hydroxylation is 4. The molecule has 0 aliphatic rings. The molecule has 0 unspecified atom stereocenters. The van der Waals surface area contributed by atoms with Crippen LogP contribution >= 0.6 is 0 Å². The second-order valence-corrected chi connectivity index (χ2v) is 13.3. The van der Waals surface area contributed by atoms with E-state index in [2.05, 4.69) is 131 Å². The quantitative estimate of drug-likeness (QED) is 0.122. The smallest absolute Gasteiger partial charge is 0.509 e. The number of para-hydroxylation sites is 1. The second kappa shape index (κ2) is 13.2. The van der Waals surface area contributed by atoms with Gasteiger partial charge in [-0.05, 0) is 91.1 Å². The van der Waals surface area contributed by atoms with Gasteiger partial charge in [0, 0.05) is 28.8 Å². The summed E-state index contributed by atoms with van der Waals surface area (Å²) in [6.45, 7) is 17.6. The van der Waals surface area contributed by atoms with Gasteiger partial charge in [0.15, 0.2) is 0 Å². The number of hydrogen-bond donors (Lipinski definition) is 0. The topological polar surface area (TPSA) is 44.9 Å². The molecule has 0 amide bonds. The second-order valence-electron chi connectivity index (χ2n) is 13.3. The summed E-state index contributed by atoms with van der Waals surface area (Å²) in [5.41, 5.74) is 12.6. The number of benzene rings is 4. The fourth-order valence-corrected chi connectivity index (χ4v) is 6.95. The van der Waals surface area contributed by atoms with E-state index in [0.717, 1.165) is 44.6 Å². The maximum absolute atomic E-state index is 6.49. The van der Waals surface area contributed by atoms with Gasteiger partial charge in [-0.3, -0.25) is 4.68 Å². The Morgan fingerprint density at radius 3 is 2.12 bits per heavy atom. The third-order valence-corrected chi connectivity index (χ3v) is 8.86. The van der Waals surface area contributed by atoms with Crippen LogP contribution in [0.1, 0.15) is 73.2 Å². The molecule has 7 aromatic rings. The molecule has 0 aliphatic carbocycles. The van der Waals surface area contributed by atoms with Crippen LogP contribution in [-0.4, -0.2) is 19.3 Å². The zero-order chi connectivity index (χ0) is 33.0. The maximum Gasteiger partial charge on any atom is 2.00 e. The number of hydrogen-bond acceptors (Lipinski definition) is 3. The molecule has 6 heteroatoms. The van der Waals surface area contributed by atoms with Gasteiger partial charge in [0.1, 0.15) is 5.82 Å². The van der Waals surface area contributed by atoms with Crippen molar-refractivity contribution in [1.29, 1.82) is 0 Å². The molecule has 7 rings (SSSR count). The summed E-state index contributed by atoms with van der Waals surface area (Å²) in [4.78, 5) is 4.71. The molecule has 4 aromatic carbocycles. The Hall–Kier alpha value is -4.50. The predicted molar refractivity (Wildman–Crippen MR) is 192 cm³/mol. The SMILES string of the molecule is Cc1ccnc(-n2c3[c-]c(Oc4[c-]c(-n5nc(C(C)C)c(-c6c(C)cc(C)cc6C)c5C(C)C)ccc4)ccc3c3ccccc32)c1.[Pd+2]. The largest absolute Gasteiger partial charge is 2.00 e. The van der Waals surface area contributed by atoms with Crippen molar-refractivity contribution >= 4 is 21.8 Å². The van der Waals surface area contributed by atoms with Crippen LogP contribution in [-0.2, 0) is 20.4 Å². The van der Waals surface area contributed by atoms with Gasteiger partial charge in [-0.1, -0.05) is 69.1 Å². The first-order valence-electron chi connectivity index (χ1n) is 16.4. The minimum atomic E-state index is 0. The predicted octanol–water partition coefficient (Wildman–Crippen LogP) is 10.9. The van der Waals surface area contributed by atoms with Gasteiger partial charge in [-0.2, -0.15) is 17.2 Å². The summed E-state index contributed by atoms with van der Waals surface area (Å²) in [5, 5.41) is 7.51. The molecule has 0 saturated heterocycles. The van der Waals surface area contributed by atoms with Crippen molar-refractivity contribution in [3.8, 4) is 34.1 Å². The Kier molecular flexibility index (Phi) is 9.18. The number of pyridine rings is 1. The minimum absolute atomic E-state index is 0. The molecule has 0 atom stereocenters. The Morgan fingerprint density at radius 1 is 0.688 bits per heavy atom. The van der Waals surface area contributed by atoms with E-state index in [1.54, 1.807) is 0 Å². The third-order valence-electron chi connectivity index (χ3n) is 8.86. The first kappa shape index (κ1) is 33.4. The first-order chi connectivity index (χ1) is 22.6. The van der Waals surface area contributed by atoms with Crippen molar-refractivity contribution in [3.63, 3.8) is 0 Å². The Balaban J connectivity index is 0.00000401. The van der Waals surface area contributed by atoms with Gasteiger partial charge in [0.25, 0.3) is 0 Å². The van der Waals surface area contributed by atoms with Gasteiger partial charge in [0.05, 0.1) is 11.4 Å². The van der Waals surface area contributed by atoms with Crippen LogP contribution in [0.2, 0.25) is 0 Å². The van der Waals surface area contributed by atoms with E-state index in [9.17, 15) is 0 Å². The summed E-state index contributed by atoms with van der Waals surface area (Å²) >= 11 is 0. The number of ether oxygens (including phenoxy) is 1. The van der Waals surface area contributed by atoms with Gasteiger partial charge in [0.2, 0.25) is 0 Å². The molecule has 0 aliphatic heterocycles. The van der Waals surface area contributed by atoms with Gasteiger partial charge in [-0.15, -0.1) is 35.7 Å². The Labute approximate surface area is 297 Å². The van der Waals surface area contributed by atoms with Gasteiger partial charge >= 0.3 is 20.4 Å². The molecule has 3 aromatic heterocycles. The van der Waals surface area contributed by atoms with Crippen molar-refractivity contribution in [2.24, 2.45) is 0 Å². The molecular weight excluding hydrogens is 683 g/mol. The molecule has 0 bridgehead atoms. The monoisotopic (exact) mass is 722 g/mol. The average molecular weight is 723 g/mol. The van der Waals surface area contributed by atoms with E-state index in [-0.39, 0.29) is 32.3 Å². The van der Waals surface area contributed by atoms with E-state index < -0.39 is 0 Å². The summed E-state index contributed by atoms with van der Waals surface area (Å²) in [7, 11) is 0. The third kappa shape index (κ3) is 5.89. The van der Waals surface area contributed by atoms with Crippen LogP contribution < -0.4 is 4.74 Å². The van der Waals surface area contributed by atoms with E-state index in [4.69, 9.17) is 14.8 Å². The summed E-state index contributed by atoms with van der Waals surface area (Å²) in [6, 6.07) is 34.3. The zero-order valence-corrected chi connectivity index (χ0v) is 30.3. The van der Waals surface area contributed by atoms with Crippen molar-refractivity contribution < 1.29 is 25.2 Å². The fraction of sp³-hybridized carbons (Fsp3) is 0.238. The first-order valence-corrected chi connectivity index (χ1v) is 16.4. The van der Waals surface area contributed by atoms with E-state index in [0.29, 0.717) is 11.5 Å². The summed E-state index contributed by atoms with van der Waals surface area (Å²) in [6.07, 6.45) is 1.85. The standard InChI is InChI=1S/C42H40N4O.Pd/c1-25(2)41-40(39-29(7)20-28(6)21-30(39)8)42(26(3)4)46(44-41)31-12-11-13-32(23-31)47-33-16-17-35-34-14-9-10-15-36(34)45(37(35)24-33)38-22-27(5)18-19-43-38;/h9-22,25-26H,1-8H3;/q-2;+2. The van der Waals surface area contributed by atoms with Gasteiger partial charge in [-0.25, -0.2) is 4.98 Å².